The third-order valence-corrected chi connectivity index (χ3v) is 10.9. The maximum atomic E-state index is 16.1. The van der Waals surface area contributed by atoms with Gasteiger partial charge in [-0.15, -0.1) is 11.7 Å². The van der Waals surface area contributed by atoms with Gasteiger partial charge in [-0.3, -0.25) is 14.3 Å². The molecule has 1 aromatic heterocycles. The third kappa shape index (κ3) is 5.62. The van der Waals surface area contributed by atoms with E-state index in [1.807, 2.05) is 6.92 Å². The van der Waals surface area contributed by atoms with E-state index in [1.54, 1.807) is 84.5 Å². The number of nitrogens with one attached hydrogen (secondary N) is 1. The van der Waals surface area contributed by atoms with Crippen molar-refractivity contribution in [3.8, 4) is 5.75 Å². The fourth-order valence-corrected chi connectivity index (χ4v) is 9.13. The number of carbonyl (C=O) groups excluding carboxylic acids is 2. The number of halogens is 1. The van der Waals surface area contributed by atoms with Gasteiger partial charge in [0, 0.05) is 60.6 Å². The molecule has 0 radical (unpaired) electrons. The molecule has 2 amide bonds. The molecule has 1 saturated heterocycles. The zero-order valence-corrected chi connectivity index (χ0v) is 25.9. The molecule has 43 heavy (non-hydrogen) atoms. The minimum absolute atomic E-state index is 0.0283. The number of hydrogen-bond acceptors (Lipinski definition) is 7. The van der Waals surface area contributed by atoms with Crippen LogP contribution in [0.2, 0.25) is 18.6 Å². The first kappa shape index (κ1) is 30.6. The predicted octanol–water partition coefficient (Wildman–Crippen LogP) is 4.47. The van der Waals surface area contributed by atoms with Gasteiger partial charge < -0.3 is 28.9 Å². The van der Waals surface area contributed by atoms with E-state index >= 15 is 4.11 Å². The summed E-state index contributed by atoms with van der Waals surface area (Å²) in [6.45, 7) is 9.70. The van der Waals surface area contributed by atoms with Crippen LogP contribution in [0, 0.1) is 5.92 Å². The second-order valence-corrected chi connectivity index (χ2v) is 15.4. The van der Waals surface area contributed by atoms with E-state index in [0.29, 0.717) is 53.3 Å². The minimum Gasteiger partial charge on any atom is -0.497 e. The Bertz CT molecular complexity index is 1510. The second kappa shape index (κ2) is 12.0. The lowest BCUT2D eigenvalue weighted by Gasteiger charge is -2.31. The quantitative estimate of drug-likeness (QED) is 0.188. The summed E-state index contributed by atoms with van der Waals surface area (Å²) in [4.78, 5) is 29.0. The number of fused-ring (bicyclic) bond motifs is 2. The SMILES string of the molecule is C=CCN1C(=O)[C@]2(O[C@H](CCn3cc(CCO)nn3)[C@@H]([Si](C)(C)F)[C@@H]2C)c2cc(NC(=O)c3ccc(OC)cc3)ccc21. The van der Waals surface area contributed by atoms with Gasteiger partial charge in [-0.25, -0.2) is 0 Å². The van der Waals surface area contributed by atoms with Crippen LogP contribution in [0.4, 0.5) is 15.5 Å². The van der Waals surface area contributed by atoms with Crippen LogP contribution < -0.4 is 15.0 Å². The van der Waals surface area contributed by atoms with Crippen molar-refractivity contribution in [2.75, 3.05) is 30.5 Å². The van der Waals surface area contributed by atoms with E-state index in [1.165, 1.54) is 0 Å². The predicted molar refractivity (Wildman–Crippen MR) is 163 cm³/mol. The lowest BCUT2D eigenvalue weighted by molar-refractivity contribution is -0.145. The Kier molecular flexibility index (Phi) is 8.55. The summed E-state index contributed by atoms with van der Waals surface area (Å²) in [5, 5.41) is 20.4. The summed E-state index contributed by atoms with van der Waals surface area (Å²) in [5.74, 6) is -0.406. The van der Waals surface area contributed by atoms with Crippen LogP contribution in [0.5, 0.6) is 5.75 Å². The van der Waals surface area contributed by atoms with Gasteiger partial charge in [-0.1, -0.05) is 18.2 Å². The zero-order valence-electron chi connectivity index (χ0n) is 24.9. The fourth-order valence-electron chi connectivity index (χ4n) is 6.59. The van der Waals surface area contributed by atoms with Gasteiger partial charge in [-0.2, -0.15) is 0 Å². The number of nitrogens with zero attached hydrogens (tertiary/aromatic N) is 4. The van der Waals surface area contributed by atoms with Crippen LogP contribution in [0.1, 0.15) is 35.0 Å². The average Bonchev–Trinajstić information content (AvgIpc) is 3.62. The van der Waals surface area contributed by atoms with E-state index in [4.69, 9.17) is 9.47 Å². The van der Waals surface area contributed by atoms with Crippen LogP contribution in [0.15, 0.2) is 61.3 Å². The standard InChI is InChI=1S/C31H38FN5O5Si/c1-6-15-37-26-12-9-22(33-29(39)21-7-10-24(41-3)11-8-21)18-25(26)31(30(37)40)20(2)28(43(4,5)32)27(42-31)13-16-36-19-23(14-17-38)34-35-36/h6-12,18-20,27-28,38H,1,13-17H2,2-5H3,(H,33,39)/t20-,27+,28-,31+/m0/s1. The molecule has 2 aliphatic rings. The number of aromatic nitrogens is 3. The molecule has 5 rings (SSSR count). The normalized spacial score (nSPS) is 23.1. The number of benzene rings is 2. The van der Waals surface area contributed by atoms with Crippen molar-refractivity contribution in [3.63, 3.8) is 0 Å². The van der Waals surface area contributed by atoms with Gasteiger partial charge in [0.1, 0.15) is 5.75 Å². The monoisotopic (exact) mass is 607 g/mol. The molecule has 228 valence electrons. The van der Waals surface area contributed by atoms with Crippen molar-refractivity contribution in [1.29, 1.82) is 0 Å². The Hall–Kier alpha value is -3.87. The summed E-state index contributed by atoms with van der Waals surface area (Å²) >= 11 is 0. The van der Waals surface area contributed by atoms with Gasteiger partial charge in [0.05, 0.1) is 24.6 Å². The number of aliphatic hydroxyl groups is 1. The van der Waals surface area contributed by atoms with E-state index in [9.17, 15) is 14.7 Å². The summed E-state index contributed by atoms with van der Waals surface area (Å²) in [5.41, 5.74) is 0.977. The molecule has 2 N–H and O–H groups in total. The van der Waals surface area contributed by atoms with E-state index in [2.05, 4.69) is 22.2 Å². The second-order valence-electron chi connectivity index (χ2n) is 11.6. The number of rotatable bonds is 11. The largest absolute Gasteiger partial charge is 0.497 e. The molecule has 3 heterocycles. The van der Waals surface area contributed by atoms with Crippen molar-refractivity contribution < 1.29 is 28.3 Å². The lowest BCUT2D eigenvalue weighted by atomic mass is 9.82. The zero-order chi connectivity index (χ0) is 30.9. The Morgan fingerprint density at radius 3 is 2.67 bits per heavy atom. The van der Waals surface area contributed by atoms with Crippen molar-refractivity contribution in [2.24, 2.45) is 5.92 Å². The van der Waals surface area contributed by atoms with Crippen LogP contribution in [-0.4, -0.2) is 66.7 Å². The Labute approximate surface area is 251 Å². The summed E-state index contributed by atoms with van der Waals surface area (Å²) < 4.78 is 29.7. The number of hydrogen-bond donors (Lipinski definition) is 2. The van der Waals surface area contributed by atoms with Crippen LogP contribution in [0.3, 0.4) is 0 Å². The molecule has 0 unspecified atom stereocenters. The molecule has 10 nitrogen and oxygen atoms in total. The van der Waals surface area contributed by atoms with Gasteiger partial charge in [-0.05, 0) is 62.0 Å². The Morgan fingerprint density at radius 2 is 2.02 bits per heavy atom. The first-order chi connectivity index (χ1) is 20.5. The molecule has 2 aromatic carbocycles. The highest BCUT2D eigenvalue weighted by Crippen LogP contribution is 2.60. The first-order valence-electron chi connectivity index (χ1n) is 14.4. The molecule has 4 atom stereocenters. The number of methoxy groups -OCH3 is 1. The van der Waals surface area contributed by atoms with Crippen molar-refractivity contribution in [2.45, 2.75) is 56.7 Å². The van der Waals surface area contributed by atoms with Crippen molar-refractivity contribution >= 4 is 31.6 Å². The summed E-state index contributed by atoms with van der Waals surface area (Å²) in [7, 11) is -1.79. The first-order valence-corrected chi connectivity index (χ1v) is 17.4. The molecule has 1 fully saturated rings. The van der Waals surface area contributed by atoms with Gasteiger partial charge >= 0.3 is 0 Å². The number of ether oxygens (including phenoxy) is 2. The molecular formula is C31H38FN5O5Si. The molecule has 0 bridgehead atoms. The van der Waals surface area contributed by atoms with Crippen molar-refractivity contribution in [3.05, 3.63) is 78.1 Å². The third-order valence-electron chi connectivity index (χ3n) is 8.48. The number of carbonyl (C=O) groups is 2. The van der Waals surface area contributed by atoms with Gasteiger partial charge in [0.25, 0.3) is 11.8 Å². The molecular weight excluding hydrogens is 569 g/mol. The van der Waals surface area contributed by atoms with Crippen LogP contribution >= 0.6 is 0 Å². The Balaban J connectivity index is 1.49. The minimum atomic E-state index is -3.35. The highest BCUT2D eigenvalue weighted by molar-refractivity contribution is 6.72. The highest BCUT2D eigenvalue weighted by Gasteiger charge is 2.66. The number of amides is 2. The fraction of sp³-hybridized carbons (Fsp3) is 0.419. The van der Waals surface area contributed by atoms with E-state index in [-0.39, 0.29) is 25.0 Å². The molecule has 2 aliphatic heterocycles. The summed E-state index contributed by atoms with van der Waals surface area (Å²) in [6.07, 6.45) is 3.69. The molecule has 12 heteroatoms. The number of aryl methyl sites for hydroxylation is 1. The Morgan fingerprint density at radius 1 is 1.28 bits per heavy atom. The maximum absolute atomic E-state index is 16.1. The lowest BCUT2D eigenvalue weighted by Crippen LogP contribution is -2.45. The van der Waals surface area contributed by atoms with Gasteiger partial charge in [0.2, 0.25) is 8.41 Å². The number of aliphatic hydroxyl groups excluding tert-OH is 1. The van der Waals surface area contributed by atoms with Crippen LogP contribution in [0.25, 0.3) is 0 Å². The molecule has 0 saturated carbocycles. The smallest absolute Gasteiger partial charge is 0.264 e. The van der Waals surface area contributed by atoms with Crippen LogP contribution in [-0.2, 0) is 28.1 Å². The van der Waals surface area contributed by atoms with Crippen molar-refractivity contribution in [1.82, 2.24) is 15.0 Å². The van der Waals surface area contributed by atoms with E-state index in [0.717, 1.165) is 0 Å². The summed E-state index contributed by atoms with van der Waals surface area (Å²) in [6, 6.07) is 12.1. The highest BCUT2D eigenvalue weighted by atomic mass is 28.4. The molecule has 1 spiro atoms. The molecule has 3 aromatic rings. The molecule has 0 aliphatic carbocycles. The maximum Gasteiger partial charge on any atom is 0.264 e. The number of anilines is 2. The topological polar surface area (TPSA) is 119 Å². The average molecular weight is 608 g/mol. The van der Waals surface area contributed by atoms with Gasteiger partial charge in [0.15, 0.2) is 5.60 Å². The van der Waals surface area contributed by atoms with E-state index < -0.39 is 31.6 Å².